The molecular formula is C16H24N2O2. The SMILES string of the molecule is CN(CCO)C(=O)NC(c1ccccc1)C1CCCC1. The fourth-order valence-electron chi connectivity index (χ4n) is 2.92. The lowest BCUT2D eigenvalue weighted by atomic mass is 9.92. The van der Waals surface area contributed by atoms with Gasteiger partial charge in [-0.15, -0.1) is 0 Å². The molecule has 110 valence electrons. The third-order valence-electron chi connectivity index (χ3n) is 4.09. The Kier molecular flexibility index (Phi) is 5.41. The average Bonchev–Trinajstić information content (AvgIpc) is 2.99. The molecule has 0 heterocycles. The topological polar surface area (TPSA) is 52.6 Å². The van der Waals surface area contributed by atoms with Crippen LogP contribution in [-0.4, -0.2) is 36.2 Å². The number of carbonyl (C=O) groups excluding carboxylic acids is 1. The average molecular weight is 276 g/mol. The van der Waals surface area contributed by atoms with Crippen molar-refractivity contribution in [2.45, 2.75) is 31.7 Å². The summed E-state index contributed by atoms with van der Waals surface area (Å²) >= 11 is 0. The van der Waals surface area contributed by atoms with E-state index in [4.69, 9.17) is 5.11 Å². The van der Waals surface area contributed by atoms with Crippen LogP contribution in [0.2, 0.25) is 0 Å². The Morgan fingerprint density at radius 3 is 2.60 bits per heavy atom. The predicted octanol–water partition coefficient (Wildman–Crippen LogP) is 2.55. The van der Waals surface area contributed by atoms with Gasteiger partial charge in [0, 0.05) is 13.6 Å². The first-order valence-corrected chi connectivity index (χ1v) is 7.40. The van der Waals surface area contributed by atoms with Crippen LogP contribution in [0.1, 0.15) is 37.3 Å². The molecule has 1 aromatic rings. The highest BCUT2D eigenvalue weighted by atomic mass is 16.3. The van der Waals surface area contributed by atoms with E-state index in [1.54, 1.807) is 7.05 Å². The molecule has 4 heteroatoms. The molecule has 1 aliphatic rings. The van der Waals surface area contributed by atoms with Crippen molar-refractivity contribution in [3.63, 3.8) is 0 Å². The molecule has 0 aromatic heterocycles. The quantitative estimate of drug-likeness (QED) is 0.868. The lowest BCUT2D eigenvalue weighted by molar-refractivity contribution is 0.183. The normalized spacial score (nSPS) is 16.9. The number of nitrogens with zero attached hydrogens (tertiary/aromatic N) is 1. The van der Waals surface area contributed by atoms with Crippen LogP contribution in [0.15, 0.2) is 30.3 Å². The first-order valence-electron chi connectivity index (χ1n) is 7.40. The van der Waals surface area contributed by atoms with E-state index in [2.05, 4.69) is 17.4 Å². The van der Waals surface area contributed by atoms with Crippen LogP contribution < -0.4 is 5.32 Å². The van der Waals surface area contributed by atoms with Crippen LogP contribution in [-0.2, 0) is 0 Å². The number of nitrogens with one attached hydrogen (secondary N) is 1. The fraction of sp³-hybridized carbons (Fsp3) is 0.562. The monoisotopic (exact) mass is 276 g/mol. The zero-order chi connectivity index (χ0) is 14.4. The summed E-state index contributed by atoms with van der Waals surface area (Å²) < 4.78 is 0. The van der Waals surface area contributed by atoms with Gasteiger partial charge in [-0.3, -0.25) is 0 Å². The maximum atomic E-state index is 12.2. The maximum Gasteiger partial charge on any atom is 0.317 e. The largest absolute Gasteiger partial charge is 0.395 e. The van der Waals surface area contributed by atoms with E-state index < -0.39 is 0 Å². The Bertz CT molecular complexity index is 416. The van der Waals surface area contributed by atoms with E-state index in [1.807, 2.05) is 18.2 Å². The molecule has 0 radical (unpaired) electrons. The van der Waals surface area contributed by atoms with Crippen molar-refractivity contribution in [3.8, 4) is 0 Å². The van der Waals surface area contributed by atoms with Gasteiger partial charge in [0.05, 0.1) is 12.6 Å². The Morgan fingerprint density at radius 2 is 2.00 bits per heavy atom. The molecule has 20 heavy (non-hydrogen) atoms. The summed E-state index contributed by atoms with van der Waals surface area (Å²) in [6.45, 7) is 0.349. The van der Waals surface area contributed by atoms with Gasteiger partial charge in [-0.1, -0.05) is 43.2 Å². The smallest absolute Gasteiger partial charge is 0.317 e. The lowest BCUT2D eigenvalue weighted by Gasteiger charge is -2.28. The van der Waals surface area contributed by atoms with Crippen molar-refractivity contribution in [2.24, 2.45) is 5.92 Å². The van der Waals surface area contributed by atoms with Crippen molar-refractivity contribution in [1.82, 2.24) is 10.2 Å². The molecule has 4 nitrogen and oxygen atoms in total. The van der Waals surface area contributed by atoms with E-state index in [9.17, 15) is 4.79 Å². The van der Waals surface area contributed by atoms with Crippen molar-refractivity contribution in [2.75, 3.05) is 20.2 Å². The van der Waals surface area contributed by atoms with Crippen molar-refractivity contribution >= 4 is 6.03 Å². The molecule has 2 rings (SSSR count). The van der Waals surface area contributed by atoms with Gasteiger partial charge in [0.15, 0.2) is 0 Å². The van der Waals surface area contributed by atoms with Crippen LogP contribution in [0.5, 0.6) is 0 Å². The predicted molar refractivity (Wildman–Crippen MR) is 79.4 cm³/mol. The van der Waals surface area contributed by atoms with Gasteiger partial charge >= 0.3 is 6.03 Å². The molecule has 1 atom stereocenters. The molecule has 1 unspecified atom stereocenters. The first kappa shape index (κ1) is 14.9. The lowest BCUT2D eigenvalue weighted by Crippen LogP contribution is -2.42. The third-order valence-corrected chi connectivity index (χ3v) is 4.09. The van der Waals surface area contributed by atoms with Gasteiger partial charge in [-0.25, -0.2) is 4.79 Å². The van der Waals surface area contributed by atoms with Crippen molar-refractivity contribution in [3.05, 3.63) is 35.9 Å². The number of amides is 2. The number of aliphatic hydroxyl groups excluding tert-OH is 1. The molecule has 0 aliphatic heterocycles. The number of rotatable bonds is 5. The molecular weight excluding hydrogens is 252 g/mol. The van der Waals surface area contributed by atoms with E-state index in [0.717, 1.165) is 0 Å². The van der Waals surface area contributed by atoms with E-state index >= 15 is 0 Å². The van der Waals surface area contributed by atoms with Crippen LogP contribution in [0, 0.1) is 5.92 Å². The number of carbonyl (C=O) groups is 1. The van der Waals surface area contributed by atoms with Gasteiger partial charge in [-0.05, 0) is 24.3 Å². The second-order valence-corrected chi connectivity index (χ2v) is 5.53. The molecule has 0 bridgehead atoms. The number of hydrogen-bond donors (Lipinski definition) is 2. The highest BCUT2D eigenvalue weighted by Crippen LogP contribution is 2.35. The number of aliphatic hydroxyl groups is 1. The van der Waals surface area contributed by atoms with E-state index in [-0.39, 0.29) is 18.7 Å². The van der Waals surface area contributed by atoms with Gasteiger partial charge in [-0.2, -0.15) is 0 Å². The second kappa shape index (κ2) is 7.29. The van der Waals surface area contributed by atoms with Crippen LogP contribution >= 0.6 is 0 Å². The third kappa shape index (κ3) is 3.73. The summed E-state index contributed by atoms with van der Waals surface area (Å²) in [5, 5.41) is 12.1. The number of urea groups is 1. The summed E-state index contributed by atoms with van der Waals surface area (Å²) in [4.78, 5) is 13.7. The van der Waals surface area contributed by atoms with Gasteiger partial charge in [0.2, 0.25) is 0 Å². The van der Waals surface area contributed by atoms with Crippen molar-refractivity contribution < 1.29 is 9.90 Å². The number of hydrogen-bond acceptors (Lipinski definition) is 2. The first-order chi connectivity index (χ1) is 9.72. The molecule has 0 saturated heterocycles. The molecule has 0 spiro atoms. The zero-order valence-electron chi connectivity index (χ0n) is 12.1. The Hall–Kier alpha value is -1.55. The summed E-state index contributed by atoms with van der Waals surface area (Å²) in [7, 11) is 1.71. The van der Waals surface area contributed by atoms with Crippen molar-refractivity contribution in [1.29, 1.82) is 0 Å². The van der Waals surface area contributed by atoms with E-state index in [1.165, 1.54) is 36.1 Å². The molecule has 1 fully saturated rings. The Balaban J connectivity index is 2.09. The molecule has 2 N–H and O–H groups in total. The summed E-state index contributed by atoms with van der Waals surface area (Å²) in [6.07, 6.45) is 4.83. The number of likely N-dealkylation sites (N-methyl/N-ethyl adjacent to an activating group) is 1. The van der Waals surface area contributed by atoms with Crippen LogP contribution in [0.4, 0.5) is 4.79 Å². The zero-order valence-corrected chi connectivity index (χ0v) is 12.1. The highest BCUT2D eigenvalue weighted by molar-refractivity contribution is 5.74. The van der Waals surface area contributed by atoms with Gasteiger partial charge in [0.25, 0.3) is 0 Å². The van der Waals surface area contributed by atoms with Crippen LogP contribution in [0.3, 0.4) is 0 Å². The molecule has 1 aliphatic carbocycles. The minimum absolute atomic E-state index is 0.0106. The van der Waals surface area contributed by atoms with Gasteiger partial charge in [0.1, 0.15) is 0 Å². The maximum absolute atomic E-state index is 12.2. The van der Waals surface area contributed by atoms with Gasteiger partial charge < -0.3 is 15.3 Å². The minimum atomic E-state index is -0.111. The molecule has 1 saturated carbocycles. The summed E-state index contributed by atoms with van der Waals surface area (Å²) in [5.74, 6) is 0.517. The van der Waals surface area contributed by atoms with E-state index in [0.29, 0.717) is 12.5 Å². The minimum Gasteiger partial charge on any atom is -0.395 e. The summed E-state index contributed by atoms with van der Waals surface area (Å²) in [5.41, 5.74) is 1.17. The number of benzene rings is 1. The Morgan fingerprint density at radius 1 is 1.35 bits per heavy atom. The second-order valence-electron chi connectivity index (χ2n) is 5.53. The summed E-state index contributed by atoms with van der Waals surface area (Å²) in [6, 6.07) is 10.1. The highest BCUT2D eigenvalue weighted by Gasteiger charge is 2.28. The Labute approximate surface area is 120 Å². The standard InChI is InChI=1S/C16H24N2O2/c1-18(11-12-19)16(20)17-15(14-9-5-6-10-14)13-7-3-2-4-8-13/h2-4,7-8,14-15,19H,5-6,9-12H2,1H3,(H,17,20). The fourth-order valence-corrected chi connectivity index (χ4v) is 2.92. The molecule has 1 aromatic carbocycles. The van der Waals surface area contributed by atoms with Crippen LogP contribution in [0.25, 0.3) is 0 Å². The molecule has 2 amide bonds.